The number of aromatic nitrogens is 2. The lowest BCUT2D eigenvalue weighted by Crippen LogP contribution is -2.34. The Morgan fingerprint density at radius 2 is 1.42 bits per heavy atom. The van der Waals surface area contributed by atoms with Crippen molar-refractivity contribution in [1.82, 2.24) is 9.55 Å². The van der Waals surface area contributed by atoms with Gasteiger partial charge in [-0.15, -0.1) is 0 Å². The van der Waals surface area contributed by atoms with Gasteiger partial charge in [-0.25, -0.2) is 4.98 Å². The molecule has 4 aromatic rings. The van der Waals surface area contributed by atoms with Crippen molar-refractivity contribution in [3.8, 4) is 0 Å². The fourth-order valence-electron chi connectivity index (χ4n) is 3.93. The summed E-state index contributed by atoms with van der Waals surface area (Å²) in [5.74, 6) is -0.997. The van der Waals surface area contributed by atoms with Crippen LogP contribution < -0.4 is 4.90 Å². The molecule has 158 valence electrons. The number of fused-ring (bicyclic) bond motifs is 3. The zero-order valence-electron chi connectivity index (χ0n) is 16.3. The zero-order chi connectivity index (χ0) is 21.6. The third kappa shape index (κ3) is 3.66. The average molecular weight is 441 g/mol. The highest BCUT2D eigenvalue weighted by atomic mass is 32.2. The molecule has 1 atom stereocenters. The molecule has 3 aromatic carbocycles. The van der Waals surface area contributed by atoms with Gasteiger partial charge >= 0.3 is 6.18 Å². The molecule has 1 aliphatic rings. The maximum absolute atomic E-state index is 13.6. The predicted molar refractivity (Wildman–Crippen MR) is 115 cm³/mol. The van der Waals surface area contributed by atoms with Crippen LogP contribution in [0.4, 0.5) is 24.5 Å². The number of imidazole rings is 1. The second-order valence-electron chi connectivity index (χ2n) is 7.33. The summed E-state index contributed by atoms with van der Waals surface area (Å²) in [5, 5.41) is 10.9. The summed E-state index contributed by atoms with van der Waals surface area (Å²) in [4.78, 5) is 7.81. The molecule has 1 aliphatic heterocycles. The monoisotopic (exact) mass is 441 g/mol. The molecule has 0 aliphatic carbocycles. The molecule has 0 saturated carbocycles. The molecule has 0 bridgehead atoms. The van der Waals surface area contributed by atoms with Gasteiger partial charge in [0.15, 0.2) is 0 Å². The topological polar surface area (TPSA) is 41.3 Å². The molecule has 1 N–H and O–H groups in total. The van der Waals surface area contributed by atoms with Gasteiger partial charge in [-0.1, -0.05) is 48.2 Å². The van der Waals surface area contributed by atoms with Crippen molar-refractivity contribution in [2.75, 3.05) is 11.4 Å². The van der Waals surface area contributed by atoms with Gasteiger partial charge in [-0.2, -0.15) is 13.2 Å². The zero-order valence-corrected chi connectivity index (χ0v) is 17.1. The fraction of sp³-hybridized carbons (Fsp3) is 0.174. The molecule has 4 nitrogen and oxygen atoms in total. The van der Waals surface area contributed by atoms with Crippen LogP contribution in [-0.4, -0.2) is 27.3 Å². The van der Waals surface area contributed by atoms with Gasteiger partial charge in [0.05, 0.1) is 41.6 Å². The Morgan fingerprint density at radius 3 is 2.06 bits per heavy atom. The highest BCUT2D eigenvalue weighted by Gasteiger charge is 2.38. The van der Waals surface area contributed by atoms with Gasteiger partial charge in [0.25, 0.3) is 0 Å². The van der Waals surface area contributed by atoms with Gasteiger partial charge in [0.1, 0.15) is 0 Å². The SMILES string of the molecule is O[C@H](CN1c2ccccc2Sc2ccccc21)Cn1c(C(F)(F)F)nc2ccccc21. The molecular formula is C23H18F3N3OS. The van der Waals surface area contributed by atoms with Crippen LogP contribution in [0.3, 0.4) is 0 Å². The number of β-amino-alcohol motifs (C(OH)–C–C–N with tert-alkyl or cyclic N) is 1. The summed E-state index contributed by atoms with van der Waals surface area (Å²) in [6, 6.07) is 22.1. The Balaban J connectivity index is 1.50. The summed E-state index contributed by atoms with van der Waals surface area (Å²) in [6.45, 7) is -0.0677. The number of para-hydroxylation sites is 4. The lowest BCUT2D eigenvalue weighted by Gasteiger charge is -2.34. The number of aliphatic hydroxyl groups excluding tert-OH is 1. The van der Waals surface area contributed by atoms with E-state index in [0.29, 0.717) is 5.52 Å². The van der Waals surface area contributed by atoms with Gasteiger partial charge in [-0.3, -0.25) is 0 Å². The molecule has 5 rings (SSSR count). The summed E-state index contributed by atoms with van der Waals surface area (Å²) < 4.78 is 41.9. The van der Waals surface area contributed by atoms with Crippen molar-refractivity contribution in [3.63, 3.8) is 0 Å². The third-order valence-electron chi connectivity index (χ3n) is 5.23. The van der Waals surface area contributed by atoms with Crippen LogP contribution in [0.1, 0.15) is 5.82 Å². The minimum absolute atomic E-state index is 0.151. The molecule has 0 fully saturated rings. The second-order valence-corrected chi connectivity index (χ2v) is 8.42. The standard InChI is InChI=1S/C23H18F3N3OS/c24-23(25,26)22-27-16-7-1-2-8-17(16)29(22)14-15(30)13-28-18-9-3-5-11-20(18)31-21-12-6-4-10-19(21)28/h1-12,15,30H,13-14H2/t15-/m1/s1. The number of benzene rings is 3. The molecule has 0 spiro atoms. The summed E-state index contributed by atoms with van der Waals surface area (Å²) in [7, 11) is 0. The van der Waals surface area contributed by atoms with E-state index in [2.05, 4.69) is 4.98 Å². The van der Waals surface area contributed by atoms with E-state index in [1.54, 1.807) is 36.0 Å². The largest absolute Gasteiger partial charge is 0.449 e. The van der Waals surface area contributed by atoms with E-state index in [-0.39, 0.29) is 18.6 Å². The second kappa shape index (κ2) is 7.62. The maximum atomic E-state index is 13.6. The van der Waals surface area contributed by atoms with E-state index in [1.807, 2.05) is 53.4 Å². The number of alkyl halides is 3. The first-order chi connectivity index (χ1) is 14.9. The average Bonchev–Trinajstić information content (AvgIpc) is 3.12. The molecule has 8 heteroatoms. The van der Waals surface area contributed by atoms with Crippen LogP contribution >= 0.6 is 11.8 Å². The predicted octanol–water partition coefficient (Wildman–Crippen LogP) is 5.72. The maximum Gasteiger partial charge on any atom is 0.449 e. The molecule has 0 amide bonds. The van der Waals surface area contributed by atoms with Gasteiger partial charge in [0.2, 0.25) is 5.82 Å². The van der Waals surface area contributed by atoms with Crippen molar-refractivity contribution >= 4 is 34.2 Å². The summed E-state index contributed by atoms with van der Waals surface area (Å²) in [6.07, 6.45) is -5.66. The Kier molecular flexibility index (Phi) is 4.91. The third-order valence-corrected chi connectivity index (χ3v) is 6.36. The van der Waals surface area contributed by atoms with E-state index in [9.17, 15) is 18.3 Å². The number of halogens is 3. The number of nitrogens with zero attached hydrogens (tertiary/aromatic N) is 3. The first kappa shape index (κ1) is 20.0. The first-order valence-corrected chi connectivity index (χ1v) is 10.6. The Labute approximate surface area is 180 Å². The highest BCUT2D eigenvalue weighted by molar-refractivity contribution is 7.99. The van der Waals surface area contributed by atoms with Crippen LogP contribution in [0, 0.1) is 0 Å². The lowest BCUT2D eigenvalue weighted by atomic mass is 10.2. The van der Waals surface area contributed by atoms with E-state index in [4.69, 9.17) is 0 Å². The van der Waals surface area contributed by atoms with Crippen molar-refractivity contribution in [1.29, 1.82) is 0 Å². The number of hydrogen-bond donors (Lipinski definition) is 1. The Hall–Kier alpha value is -2.97. The molecule has 1 aromatic heterocycles. The lowest BCUT2D eigenvalue weighted by molar-refractivity contribution is -0.147. The molecule has 0 unspecified atom stereocenters. The molecule has 0 saturated heterocycles. The van der Waals surface area contributed by atoms with E-state index in [1.165, 1.54) is 0 Å². The number of rotatable bonds is 4. The van der Waals surface area contributed by atoms with Crippen LogP contribution in [-0.2, 0) is 12.7 Å². The highest BCUT2D eigenvalue weighted by Crippen LogP contribution is 2.47. The minimum atomic E-state index is -4.61. The van der Waals surface area contributed by atoms with Gasteiger partial charge in [0, 0.05) is 9.79 Å². The van der Waals surface area contributed by atoms with Gasteiger partial charge < -0.3 is 14.6 Å². The van der Waals surface area contributed by atoms with Crippen molar-refractivity contribution < 1.29 is 18.3 Å². The van der Waals surface area contributed by atoms with Gasteiger partial charge in [-0.05, 0) is 36.4 Å². The first-order valence-electron chi connectivity index (χ1n) is 9.76. The quantitative estimate of drug-likeness (QED) is 0.440. The normalized spacial score (nSPS) is 14.4. The van der Waals surface area contributed by atoms with Crippen molar-refractivity contribution in [3.05, 3.63) is 78.6 Å². The number of hydrogen-bond acceptors (Lipinski definition) is 4. The van der Waals surface area contributed by atoms with E-state index >= 15 is 0 Å². The number of anilines is 2. The molecule has 0 radical (unpaired) electrons. The smallest absolute Gasteiger partial charge is 0.389 e. The van der Waals surface area contributed by atoms with Crippen LogP contribution in [0.25, 0.3) is 11.0 Å². The summed E-state index contributed by atoms with van der Waals surface area (Å²) >= 11 is 1.64. The minimum Gasteiger partial charge on any atom is -0.389 e. The molecule has 2 heterocycles. The van der Waals surface area contributed by atoms with Crippen LogP contribution in [0.15, 0.2) is 82.6 Å². The molecule has 31 heavy (non-hydrogen) atoms. The van der Waals surface area contributed by atoms with Crippen molar-refractivity contribution in [2.24, 2.45) is 0 Å². The molecular weight excluding hydrogens is 423 g/mol. The van der Waals surface area contributed by atoms with Crippen LogP contribution in [0.2, 0.25) is 0 Å². The van der Waals surface area contributed by atoms with Crippen molar-refractivity contribution in [2.45, 2.75) is 28.6 Å². The Morgan fingerprint density at radius 1 is 0.839 bits per heavy atom. The Bertz CT molecular complexity index is 1210. The summed E-state index contributed by atoms with van der Waals surface area (Å²) in [5.41, 5.74) is 2.46. The van der Waals surface area contributed by atoms with Crippen LogP contribution in [0.5, 0.6) is 0 Å². The fourth-order valence-corrected chi connectivity index (χ4v) is 5.03. The van der Waals surface area contributed by atoms with E-state index in [0.717, 1.165) is 25.7 Å². The van der Waals surface area contributed by atoms with E-state index < -0.39 is 18.1 Å². The number of aliphatic hydroxyl groups is 1.